The molecule has 8 nitrogen and oxygen atoms in total. The number of imide groups is 2. The lowest BCUT2D eigenvalue weighted by atomic mass is 10.1. The lowest BCUT2D eigenvalue weighted by Gasteiger charge is -2.14. The number of amides is 4. The Morgan fingerprint density at radius 3 is 2.37 bits per heavy atom. The van der Waals surface area contributed by atoms with Gasteiger partial charge in [-0.1, -0.05) is 6.07 Å². The molecule has 1 fully saturated rings. The highest BCUT2D eigenvalue weighted by molar-refractivity contribution is 6.31. The minimum absolute atomic E-state index is 0.154. The fourth-order valence-electron chi connectivity index (χ4n) is 2.98. The normalized spacial score (nSPS) is 13.9. The monoisotopic (exact) mass is 367 g/mol. The Balaban J connectivity index is 2.05. The molecule has 1 aliphatic heterocycles. The Morgan fingerprint density at radius 1 is 1.07 bits per heavy atom. The molecule has 2 heterocycles. The van der Waals surface area contributed by atoms with Crippen molar-refractivity contribution >= 4 is 29.9 Å². The molecule has 1 aromatic carbocycles. The van der Waals surface area contributed by atoms with Gasteiger partial charge < -0.3 is 9.30 Å². The molecule has 1 aliphatic rings. The number of esters is 1. The van der Waals surface area contributed by atoms with Crippen molar-refractivity contribution in [2.45, 2.75) is 13.8 Å². The van der Waals surface area contributed by atoms with Crippen molar-refractivity contribution in [3.8, 4) is 5.69 Å². The van der Waals surface area contributed by atoms with Crippen molar-refractivity contribution in [2.24, 2.45) is 0 Å². The van der Waals surface area contributed by atoms with Gasteiger partial charge in [0.2, 0.25) is 0 Å². The average molecular weight is 367 g/mol. The van der Waals surface area contributed by atoms with Crippen LogP contribution in [0.3, 0.4) is 0 Å². The fraction of sp³-hybridized carbons (Fsp3) is 0.158. The van der Waals surface area contributed by atoms with Crippen LogP contribution in [0.1, 0.15) is 27.3 Å². The Bertz CT molecular complexity index is 994. The number of aryl methyl sites for hydroxylation is 1. The first-order chi connectivity index (χ1) is 12.8. The van der Waals surface area contributed by atoms with E-state index in [0.717, 1.165) is 17.1 Å². The van der Waals surface area contributed by atoms with Crippen LogP contribution < -0.4 is 10.6 Å². The summed E-state index contributed by atoms with van der Waals surface area (Å²) in [5.41, 5.74) is 3.24. The molecule has 0 saturated carbocycles. The van der Waals surface area contributed by atoms with Crippen LogP contribution >= 0.6 is 0 Å². The molecular formula is C19H17N3O5. The molecule has 0 radical (unpaired) electrons. The van der Waals surface area contributed by atoms with Crippen molar-refractivity contribution in [3.63, 3.8) is 0 Å². The second-order valence-electron chi connectivity index (χ2n) is 6.00. The molecule has 0 atom stereocenters. The van der Waals surface area contributed by atoms with Gasteiger partial charge in [0.1, 0.15) is 5.57 Å². The second kappa shape index (κ2) is 6.91. The molecule has 8 heteroatoms. The SMILES string of the molecule is COC(=O)c1cccc(-n2c(C)cc(C=C3C(=O)NC(=O)NC3=O)c2C)c1. The molecule has 138 valence electrons. The highest BCUT2D eigenvalue weighted by Crippen LogP contribution is 2.24. The number of aromatic nitrogens is 1. The number of barbiturate groups is 1. The topological polar surface area (TPSA) is 106 Å². The van der Waals surface area contributed by atoms with Crippen molar-refractivity contribution in [3.05, 3.63) is 58.4 Å². The maximum absolute atomic E-state index is 11.9. The number of hydrogen-bond acceptors (Lipinski definition) is 5. The zero-order valence-corrected chi connectivity index (χ0v) is 15.0. The predicted octanol–water partition coefficient (Wildman–Crippen LogP) is 1.63. The number of benzene rings is 1. The van der Waals surface area contributed by atoms with Gasteiger partial charge in [-0.15, -0.1) is 0 Å². The minimum Gasteiger partial charge on any atom is -0.465 e. The maximum atomic E-state index is 11.9. The van der Waals surface area contributed by atoms with Crippen LogP contribution in [0.25, 0.3) is 11.8 Å². The van der Waals surface area contributed by atoms with Crippen LogP contribution in [0.2, 0.25) is 0 Å². The van der Waals surface area contributed by atoms with Gasteiger partial charge in [-0.3, -0.25) is 20.2 Å². The van der Waals surface area contributed by atoms with E-state index in [2.05, 4.69) is 0 Å². The summed E-state index contributed by atoms with van der Waals surface area (Å²) < 4.78 is 6.64. The third kappa shape index (κ3) is 3.37. The minimum atomic E-state index is -0.841. The van der Waals surface area contributed by atoms with Crippen molar-refractivity contribution in [1.82, 2.24) is 15.2 Å². The molecule has 4 amide bonds. The standard InChI is InChI=1S/C19H17N3O5/c1-10-7-13(9-15-16(23)20-19(26)21-17(15)24)11(2)22(10)14-6-4-5-12(8-14)18(25)27-3/h4-9H,1-3H3,(H2,20,21,23,24,26). The maximum Gasteiger partial charge on any atom is 0.337 e. The number of hydrogen-bond donors (Lipinski definition) is 2. The zero-order chi connectivity index (χ0) is 19.7. The number of urea groups is 1. The van der Waals surface area contributed by atoms with Gasteiger partial charge in [0, 0.05) is 17.1 Å². The molecule has 0 aliphatic carbocycles. The largest absolute Gasteiger partial charge is 0.465 e. The zero-order valence-electron chi connectivity index (χ0n) is 15.0. The number of methoxy groups -OCH3 is 1. The summed E-state index contributed by atoms with van der Waals surface area (Å²) in [5, 5.41) is 4.09. The fourth-order valence-corrected chi connectivity index (χ4v) is 2.98. The van der Waals surface area contributed by atoms with E-state index in [1.54, 1.807) is 18.2 Å². The van der Waals surface area contributed by atoms with Crippen LogP contribution in [0, 0.1) is 13.8 Å². The van der Waals surface area contributed by atoms with Gasteiger partial charge in [-0.2, -0.15) is 0 Å². The van der Waals surface area contributed by atoms with E-state index in [0.29, 0.717) is 11.1 Å². The molecule has 3 rings (SSSR count). The first kappa shape index (κ1) is 18.1. The summed E-state index contributed by atoms with van der Waals surface area (Å²) in [7, 11) is 1.32. The van der Waals surface area contributed by atoms with Gasteiger partial charge in [0.15, 0.2) is 0 Å². The van der Waals surface area contributed by atoms with E-state index < -0.39 is 23.8 Å². The molecule has 0 spiro atoms. The third-order valence-electron chi connectivity index (χ3n) is 4.24. The summed E-state index contributed by atoms with van der Waals surface area (Å²) in [6.45, 7) is 3.69. The second-order valence-corrected chi connectivity index (χ2v) is 6.00. The van der Waals surface area contributed by atoms with E-state index in [4.69, 9.17) is 4.74 Å². The highest BCUT2D eigenvalue weighted by atomic mass is 16.5. The van der Waals surface area contributed by atoms with E-state index >= 15 is 0 Å². The molecule has 2 aromatic rings. The average Bonchev–Trinajstić information content (AvgIpc) is 2.91. The van der Waals surface area contributed by atoms with Crippen LogP contribution in [0.4, 0.5) is 4.79 Å². The summed E-state index contributed by atoms with van der Waals surface area (Å²) in [4.78, 5) is 46.8. The van der Waals surface area contributed by atoms with Crippen molar-refractivity contribution in [1.29, 1.82) is 0 Å². The molecule has 1 saturated heterocycles. The summed E-state index contributed by atoms with van der Waals surface area (Å²) in [6, 6.07) is 7.90. The first-order valence-corrected chi connectivity index (χ1v) is 8.08. The van der Waals surface area contributed by atoms with Gasteiger partial charge in [0.05, 0.1) is 12.7 Å². The number of ether oxygens (including phenoxy) is 1. The lowest BCUT2D eigenvalue weighted by molar-refractivity contribution is -0.123. The Morgan fingerprint density at radius 2 is 1.74 bits per heavy atom. The number of carbonyl (C=O) groups is 4. The van der Waals surface area contributed by atoms with Crippen LogP contribution in [0.5, 0.6) is 0 Å². The smallest absolute Gasteiger partial charge is 0.337 e. The molecule has 0 bridgehead atoms. The third-order valence-corrected chi connectivity index (χ3v) is 4.24. The van der Waals surface area contributed by atoms with Crippen LogP contribution in [-0.2, 0) is 14.3 Å². The summed E-state index contributed by atoms with van der Waals surface area (Å²) >= 11 is 0. The molecule has 0 unspecified atom stereocenters. The Hall–Kier alpha value is -3.68. The molecule has 2 N–H and O–H groups in total. The van der Waals surface area contributed by atoms with E-state index in [1.165, 1.54) is 13.2 Å². The van der Waals surface area contributed by atoms with Crippen LogP contribution in [-0.4, -0.2) is 35.5 Å². The van der Waals surface area contributed by atoms with Crippen LogP contribution in [0.15, 0.2) is 35.9 Å². The van der Waals surface area contributed by atoms with E-state index in [-0.39, 0.29) is 5.57 Å². The summed E-state index contributed by atoms with van der Waals surface area (Å²) in [6.07, 6.45) is 1.43. The van der Waals surface area contributed by atoms with Gasteiger partial charge in [-0.05, 0) is 49.8 Å². The number of carbonyl (C=O) groups excluding carboxylic acids is 4. The number of nitrogens with one attached hydrogen (secondary N) is 2. The Kier molecular flexibility index (Phi) is 4.64. The van der Waals surface area contributed by atoms with Crippen molar-refractivity contribution in [2.75, 3.05) is 7.11 Å². The Labute approximate surface area is 154 Å². The van der Waals surface area contributed by atoms with E-state index in [9.17, 15) is 19.2 Å². The molecule has 27 heavy (non-hydrogen) atoms. The quantitative estimate of drug-likeness (QED) is 0.487. The van der Waals surface area contributed by atoms with Gasteiger partial charge in [-0.25, -0.2) is 9.59 Å². The lowest BCUT2D eigenvalue weighted by Crippen LogP contribution is -2.51. The van der Waals surface area contributed by atoms with Gasteiger partial charge >= 0.3 is 12.0 Å². The highest BCUT2D eigenvalue weighted by Gasteiger charge is 2.28. The first-order valence-electron chi connectivity index (χ1n) is 8.08. The molecule has 1 aromatic heterocycles. The number of rotatable bonds is 3. The molecular weight excluding hydrogens is 350 g/mol. The van der Waals surface area contributed by atoms with E-state index in [1.807, 2.05) is 41.2 Å². The predicted molar refractivity (Wildman–Crippen MR) is 96.2 cm³/mol. The number of nitrogens with zero attached hydrogens (tertiary/aromatic N) is 1. The summed E-state index contributed by atoms with van der Waals surface area (Å²) in [5.74, 6) is -1.94. The van der Waals surface area contributed by atoms with Gasteiger partial charge in [0.25, 0.3) is 11.8 Å². The van der Waals surface area contributed by atoms with Crippen molar-refractivity contribution < 1.29 is 23.9 Å².